The Hall–Kier alpha value is -2.40. The number of piperidine rings is 1. The molecule has 43 heavy (non-hydrogen) atoms. The zero-order valence-electron chi connectivity index (χ0n) is 24.9. The second-order valence-corrected chi connectivity index (χ2v) is 11.9. The first kappa shape index (κ1) is 36.8. The predicted octanol–water partition coefficient (Wildman–Crippen LogP) is 6.54. The standard InChI is InChI=1S/C31H40N6O2S.3ClH/c1-4-39-30(38)31(2,3)26-22-37-28(34-26)14-13-27(35-37)32-17-9-18-36-19-15-24(16-20-36)33-29(25-12-8-21-40-25)23-10-6-5-7-11-23;;;/h5-8,10-14,21-22,24,29,33H,4,9,15-20H2,1-3H3,(H,32,35);3*1H. The van der Waals surface area contributed by atoms with E-state index in [0.29, 0.717) is 24.0 Å². The molecule has 0 saturated carbocycles. The Morgan fingerprint density at radius 3 is 2.49 bits per heavy atom. The number of benzene rings is 1. The monoisotopic (exact) mass is 668 g/mol. The van der Waals surface area contributed by atoms with E-state index in [1.807, 2.05) is 50.4 Å². The van der Waals surface area contributed by atoms with Crippen molar-refractivity contribution in [2.24, 2.45) is 0 Å². The number of ether oxygens (including phenoxy) is 1. The van der Waals surface area contributed by atoms with Crippen LogP contribution in [0.2, 0.25) is 0 Å². The quantitative estimate of drug-likeness (QED) is 0.131. The van der Waals surface area contributed by atoms with Crippen LogP contribution < -0.4 is 10.6 Å². The number of esters is 1. The van der Waals surface area contributed by atoms with Gasteiger partial charge in [-0.3, -0.25) is 4.79 Å². The van der Waals surface area contributed by atoms with Crippen LogP contribution in [0.4, 0.5) is 5.82 Å². The molecule has 1 atom stereocenters. The molecule has 236 valence electrons. The smallest absolute Gasteiger partial charge is 0.317 e. The van der Waals surface area contributed by atoms with Gasteiger partial charge in [-0.2, -0.15) is 0 Å². The van der Waals surface area contributed by atoms with Crippen LogP contribution in [0.25, 0.3) is 5.65 Å². The first-order chi connectivity index (χ1) is 19.4. The number of rotatable bonds is 12. The van der Waals surface area contributed by atoms with Crippen molar-refractivity contribution in [3.63, 3.8) is 0 Å². The van der Waals surface area contributed by atoms with Gasteiger partial charge < -0.3 is 20.3 Å². The molecule has 0 aliphatic carbocycles. The highest BCUT2D eigenvalue weighted by Crippen LogP contribution is 2.28. The Labute approximate surface area is 277 Å². The molecule has 4 aromatic rings. The number of fused-ring (bicyclic) bond motifs is 1. The van der Waals surface area contributed by atoms with E-state index < -0.39 is 5.41 Å². The summed E-state index contributed by atoms with van der Waals surface area (Å²) in [6, 6.07) is 19.8. The third-order valence-corrected chi connectivity index (χ3v) is 8.59. The topological polar surface area (TPSA) is 83.8 Å². The van der Waals surface area contributed by atoms with Crippen molar-refractivity contribution >= 4 is 66.0 Å². The Kier molecular flexibility index (Phi) is 14.7. The van der Waals surface area contributed by atoms with E-state index in [2.05, 4.69) is 73.5 Å². The van der Waals surface area contributed by atoms with Gasteiger partial charge in [-0.15, -0.1) is 53.7 Å². The third-order valence-electron chi connectivity index (χ3n) is 7.65. The second kappa shape index (κ2) is 17.2. The lowest BCUT2D eigenvalue weighted by Crippen LogP contribution is -2.44. The van der Waals surface area contributed by atoms with Crippen molar-refractivity contribution in [3.8, 4) is 0 Å². The number of carbonyl (C=O) groups excluding carboxylic acids is 1. The summed E-state index contributed by atoms with van der Waals surface area (Å²) in [5.41, 5.74) is 1.87. The van der Waals surface area contributed by atoms with Gasteiger partial charge >= 0.3 is 5.97 Å². The summed E-state index contributed by atoms with van der Waals surface area (Å²) >= 11 is 1.82. The van der Waals surface area contributed by atoms with Crippen LogP contribution in [0.15, 0.2) is 66.2 Å². The number of halogens is 3. The molecule has 4 heterocycles. The minimum Gasteiger partial charge on any atom is -0.465 e. The summed E-state index contributed by atoms with van der Waals surface area (Å²) in [4.78, 5) is 20.9. The van der Waals surface area contributed by atoms with Gasteiger partial charge in [0.05, 0.1) is 24.5 Å². The van der Waals surface area contributed by atoms with E-state index in [1.54, 1.807) is 4.52 Å². The van der Waals surface area contributed by atoms with Gasteiger partial charge in [0.1, 0.15) is 11.2 Å². The SMILES string of the molecule is CCOC(=O)C(C)(C)c1cn2nc(NCCCN3CCC(NC(c4ccccc4)c4cccs4)CC3)ccc2n1.Cl.Cl.Cl. The van der Waals surface area contributed by atoms with Gasteiger partial charge in [-0.05, 0) is 88.8 Å². The molecule has 1 saturated heterocycles. The van der Waals surface area contributed by atoms with E-state index in [1.165, 1.54) is 10.4 Å². The third kappa shape index (κ3) is 9.30. The lowest BCUT2D eigenvalue weighted by atomic mass is 9.90. The van der Waals surface area contributed by atoms with E-state index in [9.17, 15) is 4.79 Å². The molecular formula is C31H43Cl3N6O2S. The van der Waals surface area contributed by atoms with Crippen molar-refractivity contribution in [2.75, 3.05) is 38.1 Å². The minimum atomic E-state index is -0.827. The number of thiophene rings is 1. The van der Waals surface area contributed by atoms with Gasteiger partial charge in [0.2, 0.25) is 0 Å². The molecule has 0 radical (unpaired) electrons. The van der Waals surface area contributed by atoms with Gasteiger partial charge in [0, 0.05) is 17.5 Å². The van der Waals surface area contributed by atoms with Crippen molar-refractivity contribution in [3.05, 3.63) is 82.3 Å². The van der Waals surface area contributed by atoms with E-state index in [4.69, 9.17) is 4.74 Å². The minimum absolute atomic E-state index is 0. The predicted molar refractivity (Wildman–Crippen MR) is 183 cm³/mol. The van der Waals surface area contributed by atoms with Crippen LogP contribution in [0.1, 0.15) is 62.2 Å². The van der Waals surface area contributed by atoms with Crippen molar-refractivity contribution in [1.82, 2.24) is 24.8 Å². The zero-order valence-corrected chi connectivity index (χ0v) is 28.2. The molecular weight excluding hydrogens is 627 g/mol. The molecule has 1 aliphatic rings. The normalized spacial score (nSPS) is 14.7. The molecule has 12 heteroatoms. The van der Waals surface area contributed by atoms with E-state index in [-0.39, 0.29) is 49.2 Å². The maximum atomic E-state index is 12.4. The lowest BCUT2D eigenvalue weighted by molar-refractivity contribution is -0.148. The van der Waals surface area contributed by atoms with Gasteiger partial charge in [0.15, 0.2) is 5.65 Å². The van der Waals surface area contributed by atoms with Crippen LogP contribution in [-0.4, -0.2) is 64.3 Å². The lowest BCUT2D eigenvalue weighted by Gasteiger charge is -2.34. The highest BCUT2D eigenvalue weighted by molar-refractivity contribution is 7.10. The number of nitrogens with zero attached hydrogens (tertiary/aromatic N) is 4. The molecule has 0 amide bonds. The molecule has 1 unspecified atom stereocenters. The molecule has 0 bridgehead atoms. The number of hydrogen-bond acceptors (Lipinski definition) is 8. The van der Waals surface area contributed by atoms with Crippen LogP contribution in [-0.2, 0) is 14.9 Å². The Morgan fingerprint density at radius 2 is 1.81 bits per heavy atom. The summed E-state index contributed by atoms with van der Waals surface area (Å²) in [5, 5.41) is 14.2. The van der Waals surface area contributed by atoms with Crippen LogP contribution in [0, 0.1) is 0 Å². The second-order valence-electron chi connectivity index (χ2n) is 10.9. The van der Waals surface area contributed by atoms with Crippen molar-refractivity contribution < 1.29 is 9.53 Å². The number of hydrogen-bond donors (Lipinski definition) is 2. The molecule has 3 aromatic heterocycles. The van der Waals surface area contributed by atoms with E-state index in [0.717, 1.165) is 51.3 Å². The van der Waals surface area contributed by atoms with Crippen LogP contribution in [0.5, 0.6) is 0 Å². The maximum Gasteiger partial charge on any atom is 0.317 e. The number of carbonyl (C=O) groups is 1. The number of nitrogens with one attached hydrogen (secondary N) is 2. The average Bonchev–Trinajstić information content (AvgIpc) is 3.66. The Bertz CT molecular complexity index is 1380. The Morgan fingerprint density at radius 1 is 1.07 bits per heavy atom. The highest BCUT2D eigenvalue weighted by atomic mass is 35.5. The van der Waals surface area contributed by atoms with Gasteiger partial charge in [-0.25, -0.2) is 9.50 Å². The number of anilines is 1. The summed E-state index contributed by atoms with van der Waals surface area (Å²) in [7, 11) is 0. The first-order valence-electron chi connectivity index (χ1n) is 14.3. The number of likely N-dealkylation sites (tertiary alicyclic amines) is 1. The summed E-state index contributed by atoms with van der Waals surface area (Å²) in [6.07, 6.45) is 5.18. The molecule has 8 nitrogen and oxygen atoms in total. The molecule has 1 aliphatic heterocycles. The van der Waals surface area contributed by atoms with Gasteiger partial charge in [-0.1, -0.05) is 36.4 Å². The van der Waals surface area contributed by atoms with Crippen molar-refractivity contribution in [1.29, 1.82) is 0 Å². The molecule has 1 fully saturated rings. The molecule has 5 rings (SSSR count). The highest BCUT2D eigenvalue weighted by Gasteiger charge is 2.34. The van der Waals surface area contributed by atoms with Gasteiger partial charge in [0.25, 0.3) is 0 Å². The average molecular weight is 670 g/mol. The summed E-state index contributed by atoms with van der Waals surface area (Å²) in [6.45, 7) is 9.96. The van der Waals surface area contributed by atoms with Crippen LogP contribution >= 0.6 is 48.6 Å². The van der Waals surface area contributed by atoms with Crippen LogP contribution in [0.3, 0.4) is 0 Å². The molecule has 2 N–H and O–H groups in total. The fourth-order valence-corrected chi connectivity index (χ4v) is 6.03. The zero-order chi connectivity index (χ0) is 28.0. The maximum absolute atomic E-state index is 12.4. The van der Waals surface area contributed by atoms with Crippen molar-refractivity contribution in [2.45, 2.75) is 57.5 Å². The number of aromatic nitrogens is 3. The summed E-state index contributed by atoms with van der Waals surface area (Å²) in [5.74, 6) is 0.518. The Balaban J connectivity index is 0.00000215. The fraction of sp³-hybridized carbons (Fsp3) is 0.452. The number of imidazole rings is 1. The van der Waals surface area contributed by atoms with E-state index >= 15 is 0 Å². The summed E-state index contributed by atoms with van der Waals surface area (Å²) < 4.78 is 6.96. The first-order valence-corrected chi connectivity index (χ1v) is 15.2. The fourth-order valence-electron chi connectivity index (χ4n) is 5.22. The molecule has 1 aromatic carbocycles. The molecule has 0 spiro atoms. The largest absolute Gasteiger partial charge is 0.465 e.